The van der Waals surface area contributed by atoms with E-state index in [0.29, 0.717) is 16.9 Å². The van der Waals surface area contributed by atoms with Gasteiger partial charge in [0.2, 0.25) is 0 Å². The highest BCUT2D eigenvalue weighted by molar-refractivity contribution is 5.68. The topological polar surface area (TPSA) is 74.7 Å². The lowest BCUT2D eigenvalue weighted by Gasteiger charge is -2.09. The van der Waals surface area contributed by atoms with Gasteiger partial charge in [-0.25, -0.2) is 9.37 Å². The number of benzene rings is 1. The summed E-state index contributed by atoms with van der Waals surface area (Å²) < 4.78 is 13.4. The second kappa shape index (κ2) is 5.15. The number of nitrogens with one attached hydrogen (secondary N) is 1. The summed E-state index contributed by atoms with van der Waals surface area (Å²) in [5, 5.41) is 11.7. The van der Waals surface area contributed by atoms with Gasteiger partial charge >= 0.3 is 0 Å². The van der Waals surface area contributed by atoms with E-state index in [1.165, 1.54) is 18.3 Å². The Balaban J connectivity index is 2.17. The summed E-state index contributed by atoms with van der Waals surface area (Å²) in [4.78, 5) is 4.02. The molecule has 0 saturated heterocycles. The molecule has 0 bridgehead atoms. The Hall–Kier alpha value is -2.61. The van der Waals surface area contributed by atoms with Crippen LogP contribution in [0.5, 0.6) is 0 Å². The number of aromatic nitrogens is 1. The van der Waals surface area contributed by atoms with Crippen LogP contribution >= 0.6 is 0 Å². The highest BCUT2D eigenvalue weighted by Crippen LogP contribution is 2.20. The molecule has 1 heterocycles. The molecule has 0 radical (unpaired) electrons. The number of halogens is 1. The maximum absolute atomic E-state index is 13.4. The van der Waals surface area contributed by atoms with Gasteiger partial charge in [0, 0.05) is 18.3 Å². The molecule has 2 rings (SSSR count). The van der Waals surface area contributed by atoms with Gasteiger partial charge in [0.05, 0.1) is 11.3 Å². The second-order valence-electron chi connectivity index (χ2n) is 3.68. The third-order valence-corrected chi connectivity index (χ3v) is 2.51. The molecule has 3 N–H and O–H groups in total. The number of rotatable bonds is 3. The fraction of sp³-hybridized carbons (Fsp3) is 0.0769. The maximum Gasteiger partial charge on any atom is 0.150 e. The van der Waals surface area contributed by atoms with Crippen molar-refractivity contribution in [2.45, 2.75) is 6.54 Å². The van der Waals surface area contributed by atoms with Gasteiger partial charge in [0.25, 0.3) is 0 Å². The molecule has 0 amide bonds. The first-order valence-corrected chi connectivity index (χ1v) is 5.34. The largest absolute Gasteiger partial charge is 0.395 e. The third kappa shape index (κ3) is 2.38. The van der Waals surface area contributed by atoms with Crippen LogP contribution in [-0.4, -0.2) is 4.98 Å². The summed E-state index contributed by atoms with van der Waals surface area (Å²) in [7, 11) is 0. The van der Waals surface area contributed by atoms with Crippen molar-refractivity contribution in [3.05, 3.63) is 53.5 Å². The van der Waals surface area contributed by atoms with E-state index in [2.05, 4.69) is 10.3 Å². The van der Waals surface area contributed by atoms with E-state index in [0.717, 1.165) is 0 Å². The van der Waals surface area contributed by atoms with Crippen LogP contribution in [0.4, 0.5) is 15.9 Å². The highest BCUT2D eigenvalue weighted by Gasteiger charge is 2.06. The van der Waals surface area contributed by atoms with Crippen LogP contribution in [0.2, 0.25) is 0 Å². The molecule has 0 saturated carbocycles. The van der Waals surface area contributed by atoms with Gasteiger partial charge in [-0.05, 0) is 12.1 Å². The number of nitrogens with zero attached hydrogens (tertiary/aromatic N) is 2. The molecule has 0 fully saturated rings. The zero-order valence-electron chi connectivity index (χ0n) is 9.52. The van der Waals surface area contributed by atoms with Gasteiger partial charge in [-0.15, -0.1) is 0 Å². The molecule has 18 heavy (non-hydrogen) atoms. The van der Waals surface area contributed by atoms with E-state index in [-0.39, 0.29) is 18.0 Å². The Labute approximate surface area is 104 Å². The van der Waals surface area contributed by atoms with E-state index in [1.54, 1.807) is 18.2 Å². The average molecular weight is 242 g/mol. The molecule has 0 unspecified atom stereocenters. The summed E-state index contributed by atoms with van der Waals surface area (Å²) in [6, 6.07) is 9.94. The van der Waals surface area contributed by atoms with Crippen molar-refractivity contribution in [3.63, 3.8) is 0 Å². The lowest BCUT2D eigenvalue weighted by atomic mass is 10.2. The molecule has 0 aliphatic rings. The lowest BCUT2D eigenvalue weighted by molar-refractivity contribution is 0.613. The molecule has 4 nitrogen and oxygen atoms in total. The Morgan fingerprint density at radius 1 is 1.33 bits per heavy atom. The van der Waals surface area contributed by atoms with Crippen LogP contribution < -0.4 is 11.1 Å². The van der Waals surface area contributed by atoms with E-state index < -0.39 is 0 Å². The van der Waals surface area contributed by atoms with Crippen LogP contribution in [0.1, 0.15) is 11.1 Å². The van der Waals surface area contributed by atoms with Crippen molar-refractivity contribution in [1.82, 2.24) is 4.98 Å². The van der Waals surface area contributed by atoms with Crippen molar-refractivity contribution < 1.29 is 4.39 Å². The summed E-state index contributed by atoms with van der Waals surface area (Å²) in [5.41, 5.74) is 6.89. The summed E-state index contributed by atoms with van der Waals surface area (Å²) in [5.74, 6) is 0.0947. The second-order valence-corrected chi connectivity index (χ2v) is 3.68. The Bertz CT molecular complexity index is 604. The first-order valence-electron chi connectivity index (χ1n) is 5.34. The van der Waals surface area contributed by atoms with E-state index in [1.807, 2.05) is 6.07 Å². The molecule has 0 atom stereocenters. The third-order valence-electron chi connectivity index (χ3n) is 2.51. The van der Waals surface area contributed by atoms with Gasteiger partial charge in [-0.2, -0.15) is 5.26 Å². The summed E-state index contributed by atoms with van der Waals surface area (Å²) >= 11 is 0. The predicted molar refractivity (Wildman–Crippen MR) is 67.1 cm³/mol. The van der Waals surface area contributed by atoms with Crippen LogP contribution in [0.3, 0.4) is 0 Å². The number of nitrogen functional groups attached to an aromatic ring is 1. The van der Waals surface area contributed by atoms with Crippen molar-refractivity contribution in [3.8, 4) is 6.07 Å². The molecule has 0 aliphatic heterocycles. The minimum atomic E-state index is -0.292. The molecule has 1 aromatic carbocycles. The lowest BCUT2D eigenvalue weighted by Crippen LogP contribution is -2.06. The smallest absolute Gasteiger partial charge is 0.150 e. The van der Waals surface area contributed by atoms with Gasteiger partial charge in [-0.3, -0.25) is 0 Å². The van der Waals surface area contributed by atoms with Crippen molar-refractivity contribution in [2.24, 2.45) is 0 Å². The summed E-state index contributed by atoms with van der Waals surface area (Å²) in [6.45, 7) is 0.263. The van der Waals surface area contributed by atoms with Crippen LogP contribution in [-0.2, 0) is 6.54 Å². The van der Waals surface area contributed by atoms with Crippen molar-refractivity contribution in [1.29, 1.82) is 5.26 Å². The first kappa shape index (κ1) is 11.9. The van der Waals surface area contributed by atoms with Crippen LogP contribution in [0.15, 0.2) is 36.5 Å². The first-order chi connectivity index (χ1) is 8.72. The standard InChI is InChI=1S/C13H11FN4/c14-11-4-2-1-3-10(11)8-18-13-12(16)9(7-15)5-6-17-13/h1-6H,8,16H2,(H,17,18). The minimum absolute atomic E-state index is 0.263. The zero-order valence-corrected chi connectivity index (χ0v) is 9.52. The van der Waals surface area contributed by atoms with Gasteiger partial charge in [-0.1, -0.05) is 18.2 Å². The monoisotopic (exact) mass is 242 g/mol. The molecule has 5 heteroatoms. The van der Waals surface area contributed by atoms with Crippen LogP contribution in [0.25, 0.3) is 0 Å². The van der Waals surface area contributed by atoms with Gasteiger partial charge in [0.1, 0.15) is 11.9 Å². The molecular formula is C13H11FN4. The fourth-order valence-corrected chi connectivity index (χ4v) is 1.53. The fourth-order valence-electron chi connectivity index (χ4n) is 1.53. The van der Waals surface area contributed by atoms with Crippen molar-refractivity contribution in [2.75, 3.05) is 11.1 Å². The zero-order chi connectivity index (χ0) is 13.0. The quantitative estimate of drug-likeness (QED) is 0.865. The van der Waals surface area contributed by atoms with Gasteiger partial charge in [0.15, 0.2) is 5.82 Å². The molecule has 0 spiro atoms. The number of hydrogen-bond donors (Lipinski definition) is 2. The number of pyridine rings is 1. The molecule has 2 aromatic rings. The number of nitriles is 1. The molecular weight excluding hydrogens is 231 g/mol. The van der Waals surface area contributed by atoms with Gasteiger partial charge < -0.3 is 11.1 Å². The van der Waals surface area contributed by atoms with E-state index >= 15 is 0 Å². The van der Waals surface area contributed by atoms with E-state index in [9.17, 15) is 4.39 Å². The number of anilines is 2. The number of nitrogens with two attached hydrogens (primary N) is 1. The Morgan fingerprint density at radius 2 is 2.11 bits per heavy atom. The molecule has 1 aromatic heterocycles. The Morgan fingerprint density at radius 3 is 2.83 bits per heavy atom. The molecule has 90 valence electrons. The highest BCUT2D eigenvalue weighted by atomic mass is 19.1. The van der Waals surface area contributed by atoms with E-state index in [4.69, 9.17) is 11.0 Å². The Kier molecular flexibility index (Phi) is 3.39. The number of hydrogen-bond acceptors (Lipinski definition) is 4. The predicted octanol–water partition coefficient (Wildman–Crippen LogP) is 2.29. The van der Waals surface area contributed by atoms with Crippen molar-refractivity contribution >= 4 is 11.5 Å². The minimum Gasteiger partial charge on any atom is -0.395 e. The normalized spacial score (nSPS) is 9.78. The summed E-state index contributed by atoms with van der Waals surface area (Å²) in [6.07, 6.45) is 1.48. The SMILES string of the molecule is N#Cc1ccnc(NCc2ccccc2F)c1N. The van der Waals surface area contributed by atoms with Crippen LogP contribution in [0, 0.1) is 17.1 Å². The average Bonchev–Trinajstić information content (AvgIpc) is 2.39. The molecule has 0 aliphatic carbocycles. The maximum atomic E-state index is 13.4.